The highest BCUT2D eigenvalue weighted by Gasteiger charge is 2.02. The molecular formula is C13H16N2OS. The second-order valence-electron chi connectivity index (χ2n) is 3.86. The van der Waals surface area contributed by atoms with Crippen molar-refractivity contribution in [3.63, 3.8) is 0 Å². The molecule has 1 aromatic heterocycles. The zero-order chi connectivity index (χ0) is 12.1. The Kier molecular flexibility index (Phi) is 4.12. The zero-order valence-corrected chi connectivity index (χ0v) is 10.7. The number of ether oxygens (including phenoxy) is 1. The Labute approximate surface area is 105 Å². The summed E-state index contributed by atoms with van der Waals surface area (Å²) in [5.41, 5.74) is 10.7. The molecular weight excluding hydrogens is 232 g/mol. The maximum atomic E-state index is 5.83. The third kappa shape index (κ3) is 3.28. The summed E-state index contributed by atoms with van der Waals surface area (Å²) in [6, 6.07) is 7.79. The Morgan fingerprint density at radius 2 is 2.18 bits per heavy atom. The summed E-state index contributed by atoms with van der Waals surface area (Å²) in [7, 11) is 0. The Balaban J connectivity index is 1.77. The molecule has 2 N–H and O–H groups in total. The predicted molar refractivity (Wildman–Crippen MR) is 71.1 cm³/mol. The maximum absolute atomic E-state index is 5.83. The van der Waals surface area contributed by atoms with Gasteiger partial charge in [0.05, 0.1) is 24.4 Å². The van der Waals surface area contributed by atoms with E-state index in [0.29, 0.717) is 13.2 Å². The lowest BCUT2D eigenvalue weighted by Crippen LogP contribution is -2.01. The van der Waals surface area contributed by atoms with Crippen LogP contribution < -0.4 is 5.73 Å². The van der Waals surface area contributed by atoms with Crippen LogP contribution in [0.3, 0.4) is 0 Å². The first-order valence-electron chi connectivity index (χ1n) is 5.57. The Bertz CT molecular complexity index is 482. The van der Waals surface area contributed by atoms with Crippen LogP contribution in [-0.4, -0.2) is 11.6 Å². The van der Waals surface area contributed by atoms with Gasteiger partial charge in [-0.25, -0.2) is 4.98 Å². The summed E-state index contributed by atoms with van der Waals surface area (Å²) in [6.45, 7) is 3.31. The molecule has 0 saturated carbocycles. The van der Waals surface area contributed by atoms with Crippen molar-refractivity contribution < 1.29 is 4.74 Å². The Morgan fingerprint density at radius 3 is 2.88 bits per heavy atom. The second-order valence-corrected chi connectivity index (χ2v) is 4.80. The van der Waals surface area contributed by atoms with Crippen LogP contribution in [0.4, 0.5) is 5.69 Å². The monoisotopic (exact) mass is 248 g/mol. The van der Waals surface area contributed by atoms with Crippen LogP contribution >= 0.6 is 11.3 Å². The average Bonchev–Trinajstić information content (AvgIpc) is 2.73. The normalized spacial score (nSPS) is 10.6. The number of nitrogens with zero attached hydrogens (tertiary/aromatic N) is 1. The summed E-state index contributed by atoms with van der Waals surface area (Å²) < 4.78 is 5.63. The zero-order valence-electron chi connectivity index (χ0n) is 9.85. The molecule has 0 atom stereocenters. The quantitative estimate of drug-likeness (QED) is 0.654. The molecule has 0 fully saturated rings. The van der Waals surface area contributed by atoms with Crippen LogP contribution in [0.1, 0.15) is 16.1 Å². The number of aromatic nitrogens is 1. The highest BCUT2D eigenvalue weighted by Crippen LogP contribution is 2.14. The van der Waals surface area contributed by atoms with E-state index in [1.54, 1.807) is 11.3 Å². The third-order valence-electron chi connectivity index (χ3n) is 2.63. The number of nitrogen functional groups attached to an aromatic ring is 1. The molecule has 2 aromatic rings. The van der Waals surface area contributed by atoms with Crippen molar-refractivity contribution in [2.75, 3.05) is 12.3 Å². The minimum absolute atomic E-state index is 0.574. The highest BCUT2D eigenvalue weighted by atomic mass is 32.1. The number of rotatable bonds is 5. The molecule has 0 amide bonds. The van der Waals surface area contributed by atoms with Gasteiger partial charge < -0.3 is 10.5 Å². The van der Waals surface area contributed by atoms with Crippen molar-refractivity contribution >= 4 is 17.0 Å². The molecule has 90 valence electrons. The van der Waals surface area contributed by atoms with Crippen molar-refractivity contribution in [3.05, 3.63) is 45.9 Å². The number of hydrogen-bond donors (Lipinski definition) is 1. The molecule has 0 saturated heterocycles. The highest BCUT2D eigenvalue weighted by molar-refractivity contribution is 7.09. The van der Waals surface area contributed by atoms with Gasteiger partial charge in [0.1, 0.15) is 0 Å². The fourth-order valence-corrected chi connectivity index (χ4v) is 2.34. The summed E-state index contributed by atoms with van der Waals surface area (Å²) in [6.07, 6.45) is 0.920. The molecule has 0 bridgehead atoms. The Morgan fingerprint density at radius 1 is 1.35 bits per heavy atom. The SMILES string of the molecule is Cc1ncsc1CCOCc1ccccc1N. The van der Waals surface area contributed by atoms with Crippen LogP contribution in [0.15, 0.2) is 29.8 Å². The molecule has 2 rings (SSSR count). The first-order chi connectivity index (χ1) is 8.27. The van der Waals surface area contributed by atoms with Crippen molar-refractivity contribution in [2.45, 2.75) is 20.0 Å². The van der Waals surface area contributed by atoms with E-state index in [2.05, 4.69) is 4.98 Å². The number of anilines is 1. The molecule has 0 radical (unpaired) electrons. The second kappa shape index (κ2) is 5.80. The number of para-hydroxylation sites is 1. The first-order valence-corrected chi connectivity index (χ1v) is 6.45. The topological polar surface area (TPSA) is 48.1 Å². The molecule has 1 heterocycles. The van der Waals surface area contributed by atoms with E-state index in [9.17, 15) is 0 Å². The lowest BCUT2D eigenvalue weighted by atomic mass is 10.2. The van der Waals surface area contributed by atoms with Crippen molar-refractivity contribution in [3.8, 4) is 0 Å². The summed E-state index contributed by atoms with van der Waals surface area (Å²) in [4.78, 5) is 5.51. The number of nitrogens with two attached hydrogens (primary N) is 1. The molecule has 0 unspecified atom stereocenters. The number of hydrogen-bond acceptors (Lipinski definition) is 4. The van der Waals surface area contributed by atoms with Gasteiger partial charge in [0.15, 0.2) is 0 Å². The van der Waals surface area contributed by atoms with Gasteiger partial charge in [0.2, 0.25) is 0 Å². The first kappa shape index (κ1) is 12.1. The molecule has 4 heteroatoms. The van der Waals surface area contributed by atoms with Gasteiger partial charge in [0.25, 0.3) is 0 Å². The lowest BCUT2D eigenvalue weighted by Gasteiger charge is -2.06. The van der Waals surface area contributed by atoms with Gasteiger partial charge >= 0.3 is 0 Å². The van der Waals surface area contributed by atoms with Crippen LogP contribution in [0.5, 0.6) is 0 Å². The van der Waals surface area contributed by atoms with Crippen molar-refractivity contribution in [1.82, 2.24) is 4.98 Å². The fraction of sp³-hybridized carbons (Fsp3) is 0.308. The van der Waals surface area contributed by atoms with Gasteiger partial charge in [-0.2, -0.15) is 0 Å². The molecule has 0 aliphatic rings. The molecule has 0 aliphatic carbocycles. The van der Waals surface area contributed by atoms with Crippen LogP contribution in [-0.2, 0) is 17.8 Å². The average molecular weight is 248 g/mol. The van der Waals surface area contributed by atoms with Crippen LogP contribution in [0.25, 0.3) is 0 Å². The molecule has 3 nitrogen and oxygen atoms in total. The predicted octanol–water partition coefficient (Wildman–Crippen LogP) is 2.79. The fourth-order valence-electron chi connectivity index (χ4n) is 1.58. The molecule has 17 heavy (non-hydrogen) atoms. The summed E-state index contributed by atoms with van der Waals surface area (Å²) in [5, 5.41) is 0. The minimum atomic E-state index is 0.574. The largest absolute Gasteiger partial charge is 0.398 e. The molecule has 0 spiro atoms. The van der Waals surface area contributed by atoms with E-state index >= 15 is 0 Å². The van der Waals surface area contributed by atoms with Gasteiger partial charge in [-0.15, -0.1) is 11.3 Å². The summed E-state index contributed by atoms with van der Waals surface area (Å²) in [5.74, 6) is 0. The smallest absolute Gasteiger partial charge is 0.0797 e. The van der Waals surface area contributed by atoms with E-state index in [-0.39, 0.29) is 0 Å². The standard InChI is InChI=1S/C13H16N2OS/c1-10-13(17-9-15-10)6-7-16-8-11-4-2-3-5-12(11)14/h2-5,9H,6-8,14H2,1H3. The lowest BCUT2D eigenvalue weighted by molar-refractivity contribution is 0.124. The van der Waals surface area contributed by atoms with Gasteiger partial charge in [-0.3, -0.25) is 0 Å². The van der Waals surface area contributed by atoms with E-state index in [0.717, 1.165) is 23.4 Å². The van der Waals surface area contributed by atoms with E-state index in [1.807, 2.05) is 36.7 Å². The summed E-state index contributed by atoms with van der Waals surface area (Å²) >= 11 is 1.68. The number of aryl methyl sites for hydroxylation is 1. The van der Waals surface area contributed by atoms with E-state index in [1.165, 1.54) is 4.88 Å². The van der Waals surface area contributed by atoms with Crippen LogP contribution in [0.2, 0.25) is 0 Å². The minimum Gasteiger partial charge on any atom is -0.398 e. The van der Waals surface area contributed by atoms with E-state index < -0.39 is 0 Å². The maximum Gasteiger partial charge on any atom is 0.0797 e. The number of thiazole rings is 1. The van der Waals surface area contributed by atoms with Gasteiger partial charge in [-0.05, 0) is 13.0 Å². The van der Waals surface area contributed by atoms with E-state index in [4.69, 9.17) is 10.5 Å². The van der Waals surface area contributed by atoms with Crippen molar-refractivity contribution in [1.29, 1.82) is 0 Å². The van der Waals surface area contributed by atoms with Crippen LogP contribution in [0, 0.1) is 6.92 Å². The molecule has 1 aromatic carbocycles. The molecule has 0 aliphatic heterocycles. The van der Waals surface area contributed by atoms with Gasteiger partial charge in [-0.1, -0.05) is 18.2 Å². The van der Waals surface area contributed by atoms with Crippen molar-refractivity contribution in [2.24, 2.45) is 0 Å². The van der Waals surface area contributed by atoms with Gasteiger partial charge in [0, 0.05) is 22.5 Å². The Hall–Kier alpha value is -1.39. The third-order valence-corrected chi connectivity index (χ3v) is 3.63. The number of benzene rings is 1.